The zero-order valence-corrected chi connectivity index (χ0v) is 12.6. The van der Waals surface area contributed by atoms with Crippen molar-refractivity contribution in [3.8, 4) is 5.75 Å². The average Bonchev–Trinajstić information content (AvgIpc) is 2.50. The number of aromatic nitrogens is 1. The molecule has 0 aliphatic heterocycles. The van der Waals surface area contributed by atoms with Crippen molar-refractivity contribution in [2.24, 2.45) is 0 Å². The number of benzene rings is 2. The molecule has 1 aromatic heterocycles. The van der Waals surface area contributed by atoms with E-state index in [0.29, 0.717) is 11.9 Å². The van der Waals surface area contributed by atoms with Crippen LogP contribution in [0.5, 0.6) is 5.75 Å². The molecule has 0 saturated heterocycles. The SMILES string of the molecule is [B]c1cc(C)c(OC)c2ncc(Cc3ccc(F)cc3)cc12. The molecule has 0 bridgehead atoms. The summed E-state index contributed by atoms with van der Waals surface area (Å²) in [4.78, 5) is 4.51. The predicted molar refractivity (Wildman–Crippen MR) is 87.6 cm³/mol. The Bertz CT molecular complexity index is 831. The van der Waals surface area contributed by atoms with Gasteiger partial charge in [-0.1, -0.05) is 23.7 Å². The Morgan fingerprint density at radius 3 is 2.55 bits per heavy atom. The van der Waals surface area contributed by atoms with Crippen LogP contribution in [0.25, 0.3) is 10.9 Å². The lowest BCUT2D eigenvalue weighted by Gasteiger charge is -2.12. The first-order chi connectivity index (χ1) is 10.6. The molecule has 0 aliphatic rings. The summed E-state index contributed by atoms with van der Waals surface area (Å²) in [5, 5.41) is 0.877. The van der Waals surface area contributed by atoms with Crippen molar-refractivity contribution in [3.63, 3.8) is 0 Å². The normalized spacial score (nSPS) is 10.9. The molecule has 0 aliphatic carbocycles. The Labute approximate surface area is 130 Å². The molecule has 3 rings (SSSR count). The highest BCUT2D eigenvalue weighted by molar-refractivity contribution is 6.39. The molecule has 0 fully saturated rings. The Hall–Kier alpha value is -2.36. The predicted octanol–water partition coefficient (Wildman–Crippen LogP) is 3.08. The van der Waals surface area contributed by atoms with Gasteiger partial charge in [0.15, 0.2) is 0 Å². The van der Waals surface area contributed by atoms with Gasteiger partial charge in [-0.25, -0.2) is 4.39 Å². The van der Waals surface area contributed by atoms with E-state index in [-0.39, 0.29) is 5.82 Å². The van der Waals surface area contributed by atoms with Crippen LogP contribution in [0.3, 0.4) is 0 Å². The summed E-state index contributed by atoms with van der Waals surface area (Å²) < 4.78 is 18.4. The highest BCUT2D eigenvalue weighted by Gasteiger charge is 2.10. The largest absolute Gasteiger partial charge is 0.494 e. The van der Waals surface area contributed by atoms with Crippen molar-refractivity contribution in [2.75, 3.05) is 7.11 Å². The van der Waals surface area contributed by atoms with E-state index in [0.717, 1.165) is 33.3 Å². The van der Waals surface area contributed by atoms with Crippen LogP contribution >= 0.6 is 0 Å². The van der Waals surface area contributed by atoms with E-state index < -0.39 is 0 Å². The zero-order valence-electron chi connectivity index (χ0n) is 12.6. The highest BCUT2D eigenvalue weighted by atomic mass is 19.1. The molecule has 2 radical (unpaired) electrons. The van der Waals surface area contributed by atoms with Crippen molar-refractivity contribution < 1.29 is 9.13 Å². The topological polar surface area (TPSA) is 22.1 Å². The van der Waals surface area contributed by atoms with Gasteiger partial charge in [0.2, 0.25) is 0 Å². The third-order valence-corrected chi connectivity index (χ3v) is 3.73. The number of fused-ring (bicyclic) bond motifs is 1. The van der Waals surface area contributed by atoms with Gasteiger partial charge in [-0.3, -0.25) is 4.98 Å². The fourth-order valence-electron chi connectivity index (χ4n) is 2.66. The molecule has 0 atom stereocenters. The number of hydrogen-bond donors (Lipinski definition) is 0. The van der Waals surface area contributed by atoms with Crippen LogP contribution in [0.1, 0.15) is 16.7 Å². The van der Waals surface area contributed by atoms with E-state index in [9.17, 15) is 4.39 Å². The smallest absolute Gasteiger partial charge is 0.147 e. The molecular formula is C18H15BFNO. The minimum atomic E-state index is -0.232. The average molecular weight is 291 g/mol. The third kappa shape index (κ3) is 2.69. The van der Waals surface area contributed by atoms with Gasteiger partial charge in [-0.15, -0.1) is 0 Å². The molecule has 0 unspecified atom stereocenters. The van der Waals surface area contributed by atoms with E-state index in [1.54, 1.807) is 19.2 Å². The Kier molecular flexibility index (Phi) is 3.84. The molecule has 0 amide bonds. The van der Waals surface area contributed by atoms with E-state index in [1.165, 1.54) is 12.1 Å². The number of rotatable bonds is 3. The zero-order chi connectivity index (χ0) is 15.7. The minimum absolute atomic E-state index is 0.232. The van der Waals surface area contributed by atoms with E-state index in [2.05, 4.69) is 4.98 Å². The molecular weight excluding hydrogens is 276 g/mol. The van der Waals surface area contributed by atoms with Crippen LogP contribution in [0.4, 0.5) is 4.39 Å². The fourth-order valence-corrected chi connectivity index (χ4v) is 2.66. The summed E-state index contributed by atoms with van der Waals surface area (Å²) in [5.41, 5.74) is 4.47. The molecule has 0 saturated carbocycles. The summed E-state index contributed by atoms with van der Waals surface area (Å²) >= 11 is 0. The first-order valence-corrected chi connectivity index (χ1v) is 7.04. The number of nitrogens with zero attached hydrogens (tertiary/aromatic N) is 1. The maximum absolute atomic E-state index is 13.0. The lowest BCUT2D eigenvalue weighted by Crippen LogP contribution is -2.08. The van der Waals surface area contributed by atoms with Crippen molar-refractivity contribution in [2.45, 2.75) is 13.3 Å². The first kappa shape index (κ1) is 14.6. The van der Waals surface area contributed by atoms with Gasteiger partial charge in [0.05, 0.1) is 7.11 Å². The van der Waals surface area contributed by atoms with E-state index in [1.807, 2.05) is 25.3 Å². The second-order valence-corrected chi connectivity index (χ2v) is 5.36. The van der Waals surface area contributed by atoms with Gasteiger partial charge in [0.25, 0.3) is 0 Å². The molecule has 1 heterocycles. The molecule has 4 heteroatoms. The molecule has 2 nitrogen and oxygen atoms in total. The molecule has 108 valence electrons. The Morgan fingerprint density at radius 2 is 1.86 bits per heavy atom. The number of hydrogen-bond acceptors (Lipinski definition) is 2. The second kappa shape index (κ2) is 5.80. The minimum Gasteiger partial charge on any atom is -0.494 e. The van der Waals surface area contributed by atoms with Crippen LogP contribution in [0, 0.1) is 12.7 Å². The summed E-state index contributed by atoms with van der Waals surface area (Å²) in [6.07, 6.45) is 2.49. The maximum atomic E-state index is 13.0. The van der Waals surface area contributed by atoms with Gasteiger partial charge in [0.1, 0.15) is 24.9 Å². The molecule has 22 heavy (non-hydrogen) atoms. The first-order valence-electron chi connectivity index (χ1n) is 7.04. The third-order valence-electron chi connectivity index (χ3n) is 3.73. The summed E-state index contributed by atoms with van der Waals surface area (Å²) in [6, 6.07) is 10.4. The number of aryl methyl sites for hydroxylation is 1. The summed E-state index contributed by atoms with van der Waals surface area (Å²) in [7, 11) is 7.75. The quantitative estimate of drug-likeness (QED) is 0.692. The van der Waals surface area contributed by atoms with Crippen LogP contribution < -0.4 is 10.2 Å². The van der Waals surface area contributed by atoms with Crippen molar-refractivity contribution in [1.82, 2.24) is 4.98 Å². The van der Waals surface area contributed by atoms with Crippen molar-refractivity contribution in [1.29, 1.82) is 0 Å². The monoisotopic (exact) mass is 291 g/mol. The van der Waals surface area contributed by atoms with E-state index >= 15 is 0 Å². The lowest BCUT2D eigenvalue weighted by molar-refractivity contribution is 0.416. The van der Waals surface area contributed by atoms with Crippen molar-refractivity contribution in [3.05, 3.63) is 65.1 Å². The number of halogens is 1. The standard InChI is InChI=1S/C18H15BFNO/c1-11-7-16(19)15-9-13(10-21-17(15)18(11)22-2)8-12-3-5-14(20)6-4-12/h3-7,9-10H,8H2,1-2H3. The molecule has 0 N–H and O–H groups in total. The molecule has 0 spiro atoms. The van der Waals surface area contributed by atoms with Crippen LogP contribution in [-0.4, -0.2) is 19.9 Å². The van der Waals surface area contributed by atoms with Gasteiger partial charge < -0.3 is 4.74 Å². The molecule has 2 aromatic carbocycles. The Balaban J connectivity index is 2.04. The lowest BCUT2D eigenvalue weighted by atomic mass is 9.88. The summed E-state index contributed by atoms with van der Waals surface area (Å²) in [5.74, 6) is 0.516. The van der Waals surface area contributed by atoms with Crippen molar-refractivity contribution >= 4 is 24.2 Å². The summed E-state index contributed by atoms with van der Waals surface area (Å²) in [6.45, 7) is 1.95. The van der Waals surface area contributed by atoms with E-state index in [4.69, 9.17) is 12.6 Å². The fraction of sp³-hybridized carbons (Fsp3) is 0.167. The number of ether oxygens (including phenoxy) is 1. The van der Waals surface area contributed by atoms with Gasteiger partial charge >= 0.3 is 0 Å². The molecule has 3 aromatic rings. The second-order valence-electron chi connectivity index (χ2n) is 5.36. The highest BCUT2D eigenvalue weighted by Crippen LogP contribution is 2.27. The van der Waals surface area contributed by atoms with Gasteiger partial charge in [0, 0.05) is 6.20 Å². The van der Waals surface area contributed by atoms with Gasteiger partial charge in [-0.05, 0) is 53.6 Å². The number of pyridine rings is 1. The van der Waals surface area contributed by atoms with Crippen LogP contribution in [0.2, 0.25) is 0 Å². The van der Waals surface area contributed by atoms with Gasteiger partial charge in [-0.2, -0.15) is 0 Å². The number of methoxy groups -OCH3 is 1. The Morgan fingerprint density at radius 1 is 1.14 bits per heavy atom. The van der Waals surface area contributed by atoms with Crippen LogP contribution in [-0.2, 0) is 6.42 Å². The van der Waals surface area contributed by atoms with Crippen LogP contribution in [0.15, 0.2) is 42.6 Å². The maximum Gasteiger partial charge on any atom is 0.147 e.